The molecule has 0 spiro atoms. The maximum atomic E-state index is 13.1. The monoisotopic (exact) mass is 466 g/mol. The molecule has 4 aromatic rings. The van der Waals surface area contributed by atoms with E-state index >= 15 is 0 Å². The Hall–Kier alpha value is -3.17. The molecule has 4 rings (SSSR count). The first kappa shape index (κ1) is 22.0. The van der Waals surface area contributed by atoms with Gasteiger partial charge in [0.05, 0.1) is 0 Å². The molecule has 2 N–H and O–H groups in total. The molecule has 0 aliphatic carbocycles. The van der Waals surface area contributed by atoms with Crippen molar-refractivity contribution in [2.45, 2.75) is 30.4 Å². The molecule has 0 aliphatic rings. The second kappa shape index (κ2) is 9.97. The van der Waals surface area contributed by atoms with Gasteiger partial charge in [0.25, 0.3) is 11.8 Å². The first-order valence-corrected chi connectivity index (χ1v) is 12.0. The van der Waals surface area contributed by atoms with E-state index in [1.165, 1.54) is 23.1 Å². The predicted octanol–water partition coefficient (Wildman–Crippen LogP) is 5.28. The lowest BCUT2D eigenvalue weighted by Gasteiger charge is -2.08. The third-order valence-electron chi connectivity index (χ3n) is 4.67. The molecular weight excluding hydrogens is 444 g/mol. The number of aryl methyl sites for hydroxylation is 1. The number of benzene rings is 2. The minimum Gasteiger partial charge on any atom is -0.451 e. The fraction of sp³-hybridized carbons (Fsp3) is 0.217. The van der Waals surface area contributed by atoms with Gasteiger partial charge in [0.1, 0.15) is 10.6 Å². The molecule has 0 fully saturated rings. The Kier molecular flexibility index (Phi) is 6.87. The zero-order chi connectivity index (χ0) is 22.5. The molecule has 0 radical (unpaired) electrons. The van der Waals surface area contributed by atoms with Gasteiger partial charge in [-0.1, -0.05) is 54.3 Å². The number of rotatable bonds is 8. The highest BCUT2D eigenvalue weighted by Gasteiger charge is 2.21. The van der Waals surface area contributed by atoms with Crippen molar-refractivity contribution >= 4 is 51.6 Å². The number of nitrogens with zero attached hydrogens (tertiary/aromatic N) is 2. The van der Waals surface area contributed by atoms with Gasteiger partial charge in [0.15, 0.2) is 10.1 Å². The fourth-order valence-electron chi connectivity index (χ4n) is 3.16. The minimum atomic E-state index is -0.364. The van der Waals surface area contributed by atoms with E-state index < -0.39 is 0 Å². The summed E-state index contributed by atoms with van der Waals surface area (Å²) in [6, 6.07) is 14.4. The molecule has 0 aliphatic heterocycles. The highest BCUT2D eigenvalue weighted by atomic mass is 32.2. The maximum absolute atomic E-state index is 13.1. The number of hydrogen-bond donors (Lipinski definition) is 2. The lowest BCUT2D eigenvalue weighted by molar-refractivity contribution is 0.0951. The zero-order valence-corrected chi connectivity index (χ0v) is 19.3. The molecule has 2 aromatic heterocycles. The molecule has 32 heavy (non-hydrogen) atoms. The van der Waals surface area contributed by atoms with Crippen LogP contribution in [0.2, 0.25) is 0 Å². The molecule has 2 aromatic carbocycles. The van der Waals surface area contributed by atoms with E-state index in [0.29, 0.717) is 29.1 Å². The van der Waals surface area contributed by atoms with Crippen LogP contribution in [0.15, 0.2) is 57.3 Å². The van der Waals surface area contributed by atoms with Gasteiger partial charge >= 0.3 is 0 Å². The summed E-state index contributed by atoms with van der Waals surface area (Å²) in [5.41, 5.74) is 2.46. The third-order valence-corrected chi connectivity index (χ3v) is 6.67. The van der Waals surface area contributed by atoms with E-state index in [4.69, 9.17) is 4.42 Å². The van der Waals surface area contributed by atoms with Gasteiger partial charge in [-0.15, -0.1) is 10.2 Å². The number of carbonyl (C=O) groups excluding carboxylic acids is 2. The van der Waals surface area contributed by atoms with E-state index in [2.05, 4.69) is 20.8 Å². The van der Waals surface area contributed by atoms with Gasteiger partial charge in [-0.3, -0.25) is 9.59 Å². The average Bonchev–Trinajstić information content (AvgIpc) is 3.39. The number of para-hydroxylation sites is 1. The second-order valence-electron chi connectivity index (χ2n) is 7.07. The van der Waals surface area contributed by atoms with E-state index in [0.717, 1.165) is 26.7 Å². The van der Waals surface area contributed by atoms with Crippen molar-refractivity contribution in [3.63, 3.8) is 0 Å². The minimum absolute atomic E-state index is 0.170. The molecular formula is C23H22N4O3S2. The number of carbonyl (C=O) groups is 2. The van der Waals surface area contributed by atoms with Gasteiger partial charge in [-0.2, -0.15) is 0 Å². The molecule has 0 unspecified atom stereocenters. The number of aromatic nitrogens is 2. The SMILES string of the molecule is CCCNC(=O)c1cccc(NC(=O)c2oc3ccccc3c2CSc2nnc(C)s2)c1. The summed E-state index contributed by atoms with van der Waals surface area (Å²) in [5.74, 6) is 0.238. The molecule has 9 heteroatoms. The predicted molar refractivity (Wildman–Crippen MR) is 127 cm³/mol. The van der Waals surface area contributed by atoms with Gasteiger partial charge in [0.2, 0.25) is 0 Å². The summed E-state index contributed by atoms with van der Waals surface area (Å²) in [6.45, 7) is 4.50. The number of fused-ring (bicyclic) bond motifs is 1. The van der Waals surface area contributed by atoms with Crippen molar-refractivity contribution in [2.24, 2.45) is 0 Å². The lowest BCUT2D eigenvalue weighted by Crippen LogP contribution is -2.24. The molecule has 164 valence electrons. The summed E-state index contributed by atoms with van der Waals surface area (Å²) >= 11 is 3.03. The van der Waals surface area contributed by atoms with Crippen LogP contribution in [0.4, 0.5) is 5.69 Å². The smallest absolute Gasteiger partial charge is 0.291 e. The summed E-state index contributed by atoms with van der Waals surface area (Å²) in [6.07, 6.45) is 0.853. The molecule has 0 atom stereocenters. The van der Waals surface area contributed by atoms with Crippen molar-refractivity contribution < 1.29 is 14.0 Å². The van der Waals surface area contributed by atoms with Crippen LogP contribution in [0.5, 0.6) is 0 Å². The Morgan fingerprint density at radius 2 is 1.94 bits per heavy atom. The van der Waals surface area contributed by atoms with Crippen molar-refractivity contribution in [3.05, 3.63) is 70.4 Å². The Morgan fingerprint density at radius 3 is 2.72 bits per heavy atom. The number of anilines is 1. The van der Waals surface area contributed by atoms with Crippen molar-refractivity contribution in [1.82, 2.24) is 15.5 Å². The van der Waals surface area contributed by atoms with Crippen LogP contribution >= 0.6 is 23.1 Å². The van der Waals surface area contributed by atoms with Crippen LogP contribution in [0.3, 0.4) is 0 Å². The second-order valence-corrected chi connectivity index (χ2v) is 9.48. The number of amides is 2. The van der Waals surface area contributed by atoms with Gasteiger partial charge < -0.3 is 15.1 Å². The van der Waals surface area contributed by atoms with E-state index in [1.807, 2.05) is 38.1 Å². The van der Waals surface area contributed by atoms with E-state index in [1.54, 1.807) is 24.3 Å². The van der Waals surface area contributed by atoms with Crippen LogP contribution < -0.4 is 10.6 Å². The molecule has 0 bridgehead atoms. The Morgan fingerprint density at radius 1 is 1.09 bits per heavy atom. The summed E-state index contributed by atoms with van der Waals surface area (Å²) in [5, 5.41) is 15.7. The Balaban J connectivity index is 1.57. The van der Waals surface area contributed by atoms with Crippen LogP contribution in [-0.2, 0) is 5.75 Å². The topological polar surface area (TPSA) is 97.1 Å². The number of nitrogens with one attached hydrogen (secondary N) is 2. The molecule has 2 amide bonds. The van der Waals surface area contributed by atoms with Crippen molar-refractivity contribution in [1.29, 1.82) is 0 Å². The zero-order valence-electron chi connectivity index (χ0n) is 17.7. The maximum Gasteiger partial charge on any atom is 0.291 e. The number of hydrogen-bond acceptors (Lipinski definition) is 7. The lowest BCUT2D eigenvalue weighted by atomic mass is 10.1. The number of furan rings is 1. The van der Waals surface area contributed by atoms with Gasteiger partial charge in [-0.05, 0) is 37.6 Å². The summed E-state index contributed by atoms with van der Waals surface area (Å²) in [7, 11) is 0. The van der Waals surface area contributed by atoms with Crippen LogP contribution in [0.1, 0.15) is 44.8 Å². The highest BCUT2D eigenvalue weighted by Crippen LogP contribution is 2.33. The third kappa shape index (κ3) is 5.00. The quantitative estimate of drug-likeness (QED) is 0.343. The van der Waals surface area contributed by atoms with E-state index in [-0.39, 0.29) is 17.6 Å². The molecule has 7 nitrogen and oxygen atoms in total. The van der Waals surface area contributed by atoms with Gasteiger partial charge in [0, 0.05) is 34.5 Å². The van der Waals surface area contributed by atoms with E-state index in [9.17, 15) is 9.59 Å². The first-order valence-electron chi connectivity index (χ1n) is 10.2. The van der Waals surface area contributed by atoms with Crippen molar-refractivity contribution in [3.8, 4) is 0 Å². The highest BCUT2D eigenvalue weighted by molar-refractivity contribution is 8.00. The van der Waals surface area contributed by atoms with Crippen molar-refractivity contribution in [2.75, 3.05) is 11.9 Å². The largest absolute Gasteiger partial charge is 0.451 e. The van der Waals surface area contributed by atoms with Crippen LogP contribution in [0.25, 0.3) is 11.0 Å². The van der Waals surface area contributed by atoms with Crippen LogP contribution in [0, 0.1) is 6.92 Å². The summed E-state index contributed by atoms with van der Waals surface area (Å²) in [4.78, 5) is 25.4. The molecule has 0 saturated heterocycles. The number of thioether (sulfide) groups is 1. The van der Waals surface area contributed by atoms with Crippen LogP contribution in [-0.4, -0.2) is 28.6 Å². The normalized spacial score (nSPS) is 10.9. The average molecular weight is 467 g/mol. The Bertz CT molecular complexity index is 1270. The fourth-order valence-corrected chi connectivity index (χ4v) is 5.01. The first-order chi connectivity index (χ1) is 15.5. The molecule has 2 heterocycles. The standard InChI is InChI=1S/C23H22N4O3S2/c1-3-11-24-21(28)15-7-6-8-16(12-15)25-22(29)20-18(13-31-23-27-26-14(2)32-23)17-9-4-5-10-19(17)30-20/h4-10,12H,3,11,13H2,1-2H3,(H,24,28)(H,25,29). The molecule has 0 saturated carbocycles. The Labute approximate surface area is 193 Å². The summed E-state index contributed by atoms with van der Waals surface area (Å²) < 4.78 is 6.76. The van der Waals surface area contributed by atoms with Gasteiger partial charge in [-0.25, -0.2) is 0 Å².